The SMILES string of the molecule is CCCOc1c[nH]c(Cn2cnc3scc(-c4ccc(C)cc4C)c3c2=O)cc1=O. The monoisotopic (exact) mass is 421 g/mol. The number of thiophene rings is 1. The number of aromatic amines is 1. The largest absolute Gasteiger partial charge is 0.488 e. The molecule has 0 amide bonds. The zero-order valence-corrected chi connectivity index (χ0v) is 18.0. The number of rotatable bonds is 6. The second-order valence-electron chi connectivity index (χ2n) is 7.36. The van der Waals surface area contributed by atoms with E-state index in [1.54, 1.807) is 6.20 Å². The quantitative estimate of drug-likeness (QED) is 0.504. The summed E-state index contributed by atoms with van der Waals surface area (Å²) in [6.07, 6.45) is 3.91. The van der Waals surface area contributed by atoms with E-state index in [1.807, 2.05) is 25.3 Å². The Hall–Kier alpha value is -3.19. The van der Waals surface area contributed by atoms with Crippen molar-refractivity contribution in [2.24, 2.45) is 0 Å². The standard InChI is InChI=1S/C23H23N3O3S/c1-4-7-29-20-10-24-16(9-19(20)27)11-26-13-25-22-21(23(26)28)18(12-30-22)17-6-5-14(2)8-15(17)3/h5-6,8-10,12-13H,4,7,11H2,1-3H3,(H,24,27). The molecule has 0 saturated heterocycles. The molecule has 1 aromatic carbocycles. The number of hydrogen-bond donors (Lipinski definition) is 1. The van der Waals surface area contributed by atoms with E-state index >= 15 is 0 Å². The first kappa shape index (κ1) is 20.1. The lowest BCUT2D eigenvalue weighted by Gasteiger charge is -2.09. The predicted molar refractivity (Wildman–Crippen MR) is 121 cm³/mol. The van der Waals surface area contributed by atoms with Gasteiger partial charge in [0, 0.05) is 28.9 Å². The molecule has 4 rings (SSSR count). The highest BCUT2D eigenvalue weighted by Gasteiger charge is 2.15. The van der Waals surface area contributed by atoms with Gasteiger partial charge in [0.05, 0.1) is 24.9 Å². The third-order valence-electron chi connectivity index (χ3n) is 4.97. The first-order valence-corrected chi connectivity index (χ1v) is 10.7. The van der Waals surface area contributed by atoms with E-state index in [0.717, 1.165) is 23.1 Å². The zero-order chi connectivity index (χ0) is 21.3. The van der Waals surface area contributed by atoms with Crippen molar-refractivity contribution in [2.75, 3.05) is 6.61 Å². The summed E-state index contributed by atoms with van der Waals surface area (Å²) in [4.78, 5) is 33.8. The molecule has 154 valence electrons. The number of ether oxygens (including phenoxy) is 1. The van der Waals surface area contributed by atoms with Crippen molar-refractivity contribution in [3.05, 3.63) is 79.6 Å². The first-order valence-electron chi connectivity index (χ1n) is 9.86. The number of nitrogens with one attached hydrogen (secondary N) is 1. The van der Waals surface area contributed by atoms with Gasteiger partial charge in [-0.05, 0) is 31.4 Å². The van der Waals surface area contributed by atoms with E-state index in [0.29, 0.717) is 22.5 Å². The number of pyridine rings is 1. The minimum Gasteiger partial charge on any atom is -0.488 e. The summed E-state index contributed by atoms with van der Waals surface area (Å²) in [6.45, 7) is 6.80. The van der Waals surface area contributed by atoms with Gasteiger partial charge in [-0.3, -0.25) is 14.2 Å². The van der Waals surface area contributed by atoms with E-state index < -0.39 is 0 Å². The van der Waals surface area contributed by atoms with Crippen molar-refractivity contribution < 1.29 is 4.74 Å². The van der Waals surface area contributed by atoms with Gasteiger partial charge in [-0.25, -0.2) is 4.98 Å². The zero-order valence-electron chi connectivity index (χ0n) is 17.2. The Morgan fingerprint density at radius 3 is 2.73 bits per heavy atom. The number of benzene rings is 1. The van der Waals surface area contributed by atoms with Crippen LogP contribution in [0.1, 0.15) is 30.2 Å². The maximum Gasteiger partial charge on any atom is 0.263 e. The van der Waals surface area contributed by atoms with Crippen LogP contribution in [-0.2, 0) is 6.54 Å². The number of aromatic nitrogens is 3. The maximum atomic E-state index is 13.3. The molecule has 0 radical (unpaired) electrons. The van der Waals surface area contributed by atoms with Crippen molar-refractivity contribution in [3.8, 4) is 16.9 Å². The van der Waals surface area contributed by atoms with Gasteiger partial charge in [0.2, 0.25) is 5.43 Å². The fraction of sp³-hybridized carbons (Fsp3) is 0.261. The van der Waals surface area contributed by atoms with Crippen LogP contribution >= 0.6 is 11.3 Å². The van der Waals surface area contributed by atoms with Crippen LogP contribution in [0.5, 0.6) is 5.75 Å². The summed E-state index contributed by atoms with van der Waals surface area (Å²) in [5.41, 5.74) is 4.54. The molecule has 0 saturated carbocycles. The Kier molecular flexibility index (Phi) is 5.55. The lowest BCUT2D eigenvalue weighted by atomic mass is 9.99. The van der Waals surface area contributed by atoms with Crippen molar-refractivity contribution in [3.63, 3.8) is 0 Å². The Balaban J connectivity index is 1.73. The lowest BCUT2D eigenvalue weighted by molar-refractivity contribution is 0.313. The normalized spacial score (nSPS) is 11.2. The minimum absolute atomic E-state index is 0.122. The van der Waals surface area contributed by atoms with Crippen molar-refractivity contribution in [2.45, 2.75) is 33.7 Å². The van der Waals surface area contributed by atoms with E-state index in [4.69, 9.17) is 4.74 Å². The Labute approximate surface area is 177 Å². The molecular formula is C23H23N3O3S. The Morgan fingerprint density at radius 2 is 2.00 bits per heavy atom. The highest BCUT2D eigenvalue weighted by molar-refractivity contribution is 7.17. The molecule has 3 heterocycles. The van der Waals surface area contributed by atoms with Crippen molar-refractivity contribution in [1.82, 2.24) is 14.5 Å². The summed E-state index contributed by atoms with van der Waals surface area (Å²) in [5, 5.41) is 2.60. The van der Waals surface area contributed by atoms with Crippen molar-refractivity contribution >= 4 is 21.6 Å². The molecule has 3 aromatic heterocycles. The number of aryl methyl sites for hydroxylation is 2. The molecule has 7 heteroatoms. The molecule has 0 atom stereocenters. The van der Waals surface area contributed by atoms with E-state index in [9.17, 15) is 9.59 Å². The molecule has 0 bridgehead atoms. The molecule has 1 N–H and O–H groups in total. The van der Waals surface area contributed by atoms with Crippen LogP contribution in [0.2, 0.25) is 0 Å². The topological polar surface area (TPSA) is 77.0 Å². The lowest BCUT2D eigenvalue weighted by Crippen LogP contribution is -2.22. The van der Waals surface area contributed by atoms with Crippen LogP contribution in [0, 0.1) is 13.8 Å². The second kappa shape index (κ2) is 8.28. The van der Waals surface area contributed by atoms with Crippen molar-refractivity contribution in [1.29, 1.82) is 0 Å². The van der Waals surface area contributed by atoms with Crippen LogP contribution in [0.4, 0.5) is 0 Å². The summed E-state index contributed by atoms with van der Waals surface area (Å²) in [5.74, 6) is 0.288. The summed E-state index contributed by atoms with van der Waals surface area (Å²) >= 11 is 1.46. The van der Waals surface area contributed by atoms with Gasteiger partial charge in [0.15, 0.2) is 5.75 Å². The average molecular weight is 422 g/mol. The summed E-state index contributed by atoms with van der Waals surface area (Å²) in [7, 11) is 0. The van der Waals surface area contributed by atoms with Gasteiger partial charge in [-0.1, -0.05) is 30.7 Å². The van der Waals surface area contributed by atoms with Crippen LogP contribution < -0.4 is 15.7 Å². The Morgan fingerprint density at radius 1 is 1.17 bits per heavy atom. The predicted octanol–water partition coefficient (Wildman–Crippen LogP) is 4.27. The Bertz CT molecular complexity index is 1330. The van der Waals surface area contributed by atoms with Crippen LogP contribution in [0.25, 0.3) is 21.3 Å². The number of nitrogens with zero attached hydrogens (tertiary/aromatic N) is 2. The van der Waals surface area contributed by atoms with Gasteiger partial charge in [0.1, 0.15) is 4.83 Å². The fourth-order valence-corrected chi connectivity index (χ4v) is 4.39. The molecule has 0 fully saturated rings. The second-order valence-corrected chi connectivity index (χ2v) is 8.22. The van der Waals surface area contributed by atoms with E-state index in [-0.39, 0.29) is 23.3 Å². The molecular weight excluding hydrogens is 398 g/mol. The molecule has 4 aromatic rings. The van der Waals surface area contributed by atoms with Gasteiger partial charge in [-0.15, -0.1) is 11.3 Å². The van der Waals surface area contributed by atoms with Gasteiger partial charge in [-0.2, -0.15) is 0 Å². The number of hydrogen-bond acceptors (Lipinski definition) is 5. The first-order chi connectivity index (χ1) is 14.5. The molecule has 0 spiro atoms. The summed E-state index contributed by atoms with van der Waals surface area (Å²) < 4.78 is 6.95. The van der Waals surface area contributed by atoms with Crippen LogP contribution in [0.3, 0.4) is 0 Å². The smallest absolute Gasteiger partial charge is 0.263 e. The van der Waals surface area contributed by atoms with E-state index in [2.05, 4.69) is 29.0 Å². The number of H-pyrrole nitrogens is 1. The minimum atomic E-state index is -0.203. The maximum absolute atomic E-state index is 13.3. The van der Waals surface area contributed by atoms with Gasteiger partial charge >= 0.3 is 0 Å². The molecule has 30 heavy (non-hydrogen) atoms. The molecule has 0 aliphatic heterocycles. The molecule has 0 aliphatic carbocycles. The molecule has 0 unspecified atom stereocenters. The van der Waals surface area contributed by atoms with E-state index in [1.165, 1.54) is 33.9 Å². The third-order valence-corrected chi connectivity index (χ3v) is 5.86. The molecule has 0 aliphatic rings. The highest BCUT2D eigenvalue weighted by atomic mass is 32.1. The number of fused-ring (bicyclic) bond motifs is 1. The van der Waals surface area contributed by atoms with Crippen LogP contribution in [-0.4, -0.2) is 21.1 Å². The highest BCUT2D eigenvalue weighted by Crippen LogP contribution is 2.33. The average Bonchev–Trinajstić information content (AvgIpc) is 3.14. The molecule has 6 nitrogen and oxygen atoms in total. The van der Waals surface area contributed by atoms with Crippen LogP contribution in [0.15, 0.2) is 51.8 Å². The fourth-order valence-electron chi connectivity index (χ4n) is 3.49. The van der Waals surface area contributed by atoms with Gasteiger partial charge in [0.25, 0.3) is 5.56 Å². The summed E-state index contributed by atoms with van der Waals surface area (Å²) in [6, 6.07) is 7.68. The third kappa shape index (κ3) is 3.80. The van der Waals surface area contributed by atoms with Gasteiger partial charge < -0.3 is 9.72 Å².